The van der Waals surface area contributed by atoms with E-state index < -0.39 is 0 Å². The van der Waals surface area contributed by atoms with E-state index in [4.69, 9.17) is 9.94 Å². The minimum Gasteiger partial charge on any atom is -0.508 e. The average Bonchev–Trinajstić information content (AvgIpc) is 2.18. The van der Waals surface area contributed by atoms with Crippen molar-refractivity contribution in [1.82, 2.24) is 0 Å². The number of aromatic hydroxyl groups is 1. The summed E-state index contributed by atoms with van der Waals surface area (Å²) >= 11 is 0. The number of carbonyl (C=O) groups excluding carboxylic acids is 1. The monoisotopic (exact) mass is 219 g/mol. The summed E-state index contributed by atoms with van der Waals surface area (Å²) in [5.74, 6) is -0.0122. The van der Waals surface area contributed by atoms with Crippen molar-refractivity contribution in [3.8, 4) is 5.75 Å². The molecule has 84 valence electrons. The van der Waals surface area contributed by atoms with Crippen molar-refractivity contribution in [1.29, 1.82) is 0 Å². The summed E-state index contributed by atoms with van der Waals surface area (Å²) in [6.07, 6.45) is 4.37. The first-order valence-electron chi connectivity index (χ1n) is 5.29. The van der Waals surface area contributed by atoms with Crippen LogP contribution in [0.25, 0.3) is 0 Å². The van der Waals surface area contributed by atoms with E-state index in [0.29, 0.717) is 0 Å². The summed E-state index contributed by atoms with van der Waals surface area (Å²) in [6.45, 7) is 0. The number of phenols is 1. The Hall–Kier alpha value is -1.84. The Balaban J connectivity index is 1.84. The number of rotatable bonds is 3. The SMILES string of the molecule is O=C(O/N=C/c1ccc(O)cc1)C1CCC1. The van der Waals surface area contributed by atoms with Gasteiger partial charge in [0.1, 0.15) is 5.75 Å². The highest BCUT2D eigenvalue weighted by Gasteiger charge is 2.26. The van der Waals surface area contributed by atoms with Crippen molar-refractivity contribution in [3.05, 3.63) is 29.8 Å². The van der Waals surface area contributed by atoms with Gasteiger partial charge in [-0.2, -0.15) is 0 Å². The summed E-state index contributed by atoms with van der Waals surface area (Å²) in [6, 6.07) is 6.48. The molecule has 1 fully saturated rings. The molecular formula is C12H13NO3. The van der Waals surface area contributed by atoms with Crippen LogP contribution in [-0.2, 0) is 9.63 Å². The summed E-state index contributed by atoms with van der Waals surface area (Å²) in [7, 11) is 0. The first-order valence-corrected chi connectivity index (χ1v) is 5.29. The molecule has 1 aromatic carbocycles. The van der Waals surface area contributed by atoms with Gasteiger partial charge in [-0.3, -0.25) is 0 Å². The fourth-order valence-electron chi connectivity index (χ4n) is 1.42. The topological polar surface area (TPSA) is 58.9 Å². The molecule has 0 saturated heterocycles. The lowest BCUT2D eigenvalue weighted by molar-refractivity contribution is -0.151. The molecule has 0 aliphatic heterocycles. The molecule has 1 aromatic rings. The van der Waals surface area contributed by atoms with Crippen LogP contribution < -0.4 is 0 Å². The molecule has 1 aliphatic rings. The largest absolute Gasteiger partial charge is 0.508 e. The number of phenolic OH excluding ortho intramolecular Hbond substituents is 1. The van der Waals surface area contributed by atoms with E-state index in [-0.39, 0.29) is 17.6 Å². The van der Waals surface area contributed by atoms with Gasteiger partial charge in [-0.05, 0) is 42.7 Å². The van der Waals surface area contributed by atoms with Gasteiger partial charge in [-0.1, -0.05) is 11.6 Å². The second-order valence-corrected chi connectivity index (χ2v) is 3.86. The van der Waals surface area contributed by atoms with Gasteiger partial charge >= 0.3 is 5.97 Å². The number of benzene rings is 1. The standard InChI is InChI=1S/C12H13NO3/c14-11-6-4-9(5-7-11)8-13-16-12(15)10-2-1-3-10/h4-8,10,14H,1-3H2/b13-8+. The molecule has 0 bridgehead atoms. The van der Waals surface area contributed by atoms with E-state index in [2.05, 4.69) is 5.16 Å². The lowest BCUT2D eigenvalue weighted by atomic mass is 9.86. The van der Waals surface area contributed by atoms with Gasteiger partial charge in [0, 0.05) is 0 Å². The van der Waals surface area contributed by atoms with E-state index in [1.807, 2.05) is 0 Å². The fourth-order valence-corrected chi connectivity index (χ4v) is 1.42. The Labute approximate surface area is 93.5 Å². The van der Waals surface area contributed by atoms with Crippen molar-refractivity contribution < 1.29 is 14.7 Å². The van der Waals surface area contributed by atoms with Crippen LogP contribution in [0.2, 0.25) is 0 Å². The zero-order chi connectivity index (χ0) is 11.4. The number of oxime groups is 1. The number of carbonyl (C=O) groups is 1. The third-order valence-corrected chi connectivity index (χ3v) is 2.68. The fraction of sp³-hybridized carbons (Fsp3) is 0.333. The average molecular weight is 219 g/mol. The van der Waals surface area contributed by atoms with Crippen LogP contribution in [0.3, 0.4) is 0 Å². The third kappa shape index (κ3) is 2.59. The van der Waals surface area contributed by atoms with Crippen LogP contribution in [0.15, 0.2) is 29.4 Å². The molecule has 1 saturated carbocycles. The second kappa shape index (κ2) is 4.79. The quantitative estimate of drug-likeness (QED) is 0.481. The van der Waals surface area contributed by atoms with Crippen LogP contribution in [0.5, 0.6) is 5.75 Å². The molecule has 0 atom stereocenters. The Morgan fingerprint density at radius 2 is 2.06 bits per heavy atom. The Kier molecular flexibility index (Phi) is 3.19. The molecule has 4 nitrogen and oxygen atoms in total. The van der Waals surface area contributed by atoms with Crippen molar-refractivity contribution in [2.75, 3.05) is 0 Å². The highest BCUT2D eigenvalue weighted by Crippen LogP contribution is 2.27. The van der Waals surface area contributed by atoms with Gasteiger partial charge in [0.05, 0.1) is 12.1 Å². The molecule has 4 heteroatoms. The lowest BCUT2D eigenvalue weighted by Gasteiger charge is -2.20. The van der Waals surface area contributed by atoms with Gasteiger partial charge in [-0.25, -0.2) is 4.79 Å². The van der Waals surface area contributed by atoms with Crippen LogP contribution in [-0.4, -0.2) is 17.3 Å². The molecule has 0 amide bonds. The van der Waals surface area contributed by atoms with E-state index in [9.17, 15) is 4.79 Å². The predicted molar refractivity (Wildman–Crippen MR) is 59.1 cm³/mol. The van der Waals surface area contributed by atoms with E-state index >= 15 is 0 Å². The second-order valence-electron chi connectivity index (χ2n) is 3.86. The van der Waals surface area contributed by atoms with Crippen LogP contribution >= 0.6 is 0 Å². The van der Waals surface area contributed by atoms with Gasteiger partial charge < -0.3 is 9.94 Å². The smallest absolute Gasteiger partial charge is 0.338 e. The lowest BCUT2D eigenvalue weighted by Crippen LogP contribution is -2.22. The van der Waals surface area contributed by atoms with E-state index in [0.717, 1.165) is 24.8 Å². The van der Waals surface area contributed by atoms with Crippen molar-refractivity contribution in [2.24, 2.45) is 11.1 Å². The zero-order valence-corrected chi connectivity index (χ0v) is 8.80. The van der Waals surface area contributed by atoms with E-state index in [1.165, 1.54) is 6.21 Å². The molecule has 1 N–H and O–H groups in total. The Morgan fingerprint density at radius 1 is 1.38 bits per heavy atom. The predicted octanol–water partition coefficient (Wildman–Crippen LogP) is 2.07. The first-order chi connectivity index (χ1) is 7.75. The molecule has 16 heavy (non-hydrogen) atoms. The van der Waals surface area contributed by atoms with Crippen LogP contribution in [0.1, 0.15) is 24.8 Å². The molecular weight excluding hydrogens is 206 g/mol. The highest BCUT2D eigenvalue weighted by atomic mass is 16.7. The summed E-state index contributed by atoms with van der Waals surface area (Å²) in [5.41, 5.74) is 0.777. The van der Waals surface area contributed by atoms with Crippen molar-refractivity contribution in [2.45, 2.75) is 19.3 Å². The normalized spacial score (nSPS) is 16.0. The van der Waals surface area contributed by atoms with Gasteiger partial charge in [-0.15, -0.1) is 0 Å². The maximum atomic E-state index is 11.3. The summed E-state index contributed by atoms with van der Waals surface area (Å²) in [4.78, 5) is 16.0. The third-order valence-electron chi connectivity index (χ3n) is 2.68. The molecule has 0 unspecified atom stereocenters. The molecule has 0 aromatic heterocycles. The van der Waals surface area contributed by atoms with E-state index in [1.54, 1.807) is 24.3 Å². The molecule has 0 radical (unpaired) electrons. The summed E-state index contributed by atoms with van der Waals surface area (Å²) in [5, 5.41) is 12.7. The Bertz CT molecular complexity index is 393. The number of hydrogen-bond acceptors (Lipinski definition) is 4. The zero-order valence-electron chi connectivity index (χ0n) is 8.80. The molecule has 0 spiro atoms. The van der Waals surface area contributed by atoms with Crippen LogP contribution in [0, 0.1) is 5.92 Å². The van der Waals surface area contributed by atoms with Gasteiger partial charge in [0.15, 0.2) is 0 Å². The molecule has 1 aliphatic carbocycles. The summed E-state index contributed by atoms with van der Waals surface area (Å²) < 4.78 is 0. The maximum absolute atomic E-state index is 11.3. The number of nitrogens with zero attached hydrogens (tertiary/aromatic N) is 1. The number of hydrogen-bond donors (Lipinski definition) is 1. The minimum absolute atomic E-state index is 0.0389. The highest BCUT2D eigenvalue weighted by molar-refractivity contribution is 5.80. The van der Waals surface area contributed by atoms with Crippen LogP contribution in [0.4, 0.5) is 0 Å². The van der Waals surface area contributed by atoms with Crippen molar-refractivity contribution in [3.63, 3.8) is 0 Å². The molecule has 2 rings (SSSR count). The molecule has 0 heterocycles. The van der Waals surface area contributed by atoms with Gasteiger partial charge in [0.2, 0.25) is 0 Å². The van der Waals surface area contributed by atoms with Gasteiger partial charge in [0.25, 0.3) is 0 Å². The van der Waals surface area contributed by atoms with Crippen molar-refractivity contribution >= 4 is 12.2 Å². The first kappa shape index (κ1) is 10.7. The Morgan fingerprint density at radius 3 is 2.62 bits per heavy atom. The minimum atomic E-state index is -0.249. The maximum Gasteiger partial charge on any atom is 0.338 e.